The van der Waals surface area contributed by atoms with Gasteiger partial charge in [-0.1, -0.05) is 23.4 Å². The lowest BCUT2D eigenvalue weighted by Crippen LogP contribution is -3.00. The van der Waals surface area contributed by atoms with Gasteiger partial charge in [0.15, 0.2) is 5.78 Å². The number of ketones is 1. The molecule has 0 saturated carbocycles. The third kappa shape index (κ3) is 4.79. The predicted octanol–water partition coefficient (Wildman–Crippen LogP) is -0.797. The number of carbonyl (C=O) groups is 1. The number of carbonyl (C=O) groups excluding carboxylic acids is 1. The number of hydrogen-bond donors (Lipinski definition) is 1. The minimum atomic E-state index is -0.0137. The number of nitrogens with zero attached hydrogens (tertiary/aromatic N) is 2. The molecular formula is C12H12Cl2N3O2S-. The lowest BCUT2D eigenvalue weighted by Gasteiger charge is -1.98. The number of nitrogens with two attached hydrogens (primary N) is 1. The van der Waals surface area contributed by atoms with Crippen LogP contribution >= 0.6 is 23.4 Å². The molecule has 1 aromatic heterocycles. The number of Topliss-reactive ketones (excluding diaryl/α,β-unsaturated/α-hetero) is 1. The molecule has 0 radical (unpaired) electrons. The number of rotatable bonds is 6. The molecule has 0 atom stereocenters. The third-order valence-electron chi connectivity index (χ3n) is 2.30. The van der Waals surface area contributed by atoms with Crippen LogP contribution in [0.25, 0.3) is 0 Å². The number of hydrogen-bond acceptors (Lipinski definition) is 6. The van der Waals surface area contributed by atoms with Gasteiger partial charge in [0.2, 0.25) is 5.89 Å². The molecule has 0 fully saturated rings. The highest BCUT2D eigenvalue weighted by atomic mass is 35.5. The fraction of sp³-hybridized carbons (Fsp3) is 0.250. The van der Waals surface area contributed by atoms with Gasteiger partial charge in [0.05, 0.1) is 5.75 Å². The maximum Gasteiger partial charge on any atom is 0.277 e. The van der Waals surface area contributed by atoms with Gasteiger partial charge < -0.3 is 22.6 Å². The lowest BCUT2D eigenvalue weighted by molar-refractivity contribution is -0.0000123. The summed E-state index contributed by atoms with van der Waals surface area (Å²) < 4.78 is 5.32. The van der Waals surface area contributed by atoms with Gasteiger partial charge in [0.1, 0.15) is 0 Å². The summed E-state index contributed by atoms with van der Waals surface area (Å²) >= 11 is 6.97. The predicted molar refractivity (Wildman–Crippen MR) is 73.6 cm³/mol. The maximum atomic E-state index is 11.9. The Morgan fingerprint density at radius 3 is 2.65 bits per heavy atom. The zero-order valence-electron chi connectivity index (χ0n) is 10.4. The first-order valence-corrected chi connectivity index (χ1v) is 6.99. The van der Waals surface area contributed by atoms with E-state index in [4.69, 9.17) is 21.8 Å². The van der Waals surface area contributed by atoms with Crippen LogP contribution in [0.5, 0.6) is 0 Å². The van der Waals surface area contributed by atoms with E-state index in [1.807, 2.05) is 0 Å². The van der Waals surface area contributed by atoms with Crippen molar-refractivity contribution in [2.75, 3.05) is 12.3 Å². The minimum Gasteiger partial charge on any atom is -1.00 e. The van der Waals surface area contributed by atoms with Crippen molar-refractivity contribution in [3.8, 4) is 0 Å². The third-order valence-corrected chi connectivity index (χ3v) is 3.37. The molecule has 2 rings (SSSR count). The first kappa shape index (κ1) is 17.0. The average Bonchev–Trinajstić information content (AvgIpc) is 2.85. The van der Waals surface area contributed by atoms with E-state index in [9.17, 15) is 4.79 Å². The molecule has 1 aromatic carbocycles. The molecule has 0 unspecified atom stereocenters. The van der Waals surface area contributed by atoms with Crippen molar-refractivity contribution in [3.05, 3.63) is 40.7 Å². The second kappa shape index (κ2) is 8.26. The van der Waals surface area contributed by atoms with Gasteiger partial charge in [-0.3, -0.25) is 4.79 Å². The summed E-state index contributed by atoms with van der Waals surface area (Å²) in [5, 5.41) is 8.64. The van der Waals surface area contributed by atoms with Gasteiger partial charge in [-0.15, -0.1) is 10.2 Å². The normalized spacial score (nSPS) is 10.1. The molecular weight excluding hydrogens is 321 g/mol. The molecule has 108 valence electrons. The molecule has 5 nitrogen and oxygen atoms in total. The van der Waals surface area contributed by atoms with E-state index < -0.39 is 0 Å². The monoisotopic (exact) mass is 332 g/mol. The first-order chi connectivity index (χ1) is 9.19. The van der Waals surface area contributed by atoms with Crippen molar-refractivity contribution in [1.29, 1.82) is 0 Å². The van der Waals surface area contributed by atoms with Gasteiger partial charge >= 0.3 is 0 Å². The van der Waals surface area contributed by atoms with Gasteiger partial charge in [-0.25, -0.2) is 0 Å². The van der Waals surface area contributed by atoms with E-state index in [2.05, 4.69) is 10.2 Å². The summed E-state index contributed by atoms with van der Waals surface area (Å²) in [5.41, 5.74) is 5.99. The SMILES string of the molecule is NCCc1nnc(SCC(=O)c2ccc(Cl)cc2)o1.[Cl-]. The van der Waals surface area contributed by atoms with Crippen LogP contribution in [0.4, 0.5) is 0 Å². The van der Waals surface area contributed by atoms with E-state index in [1.54, 1.807) is 24.3 Å². The van der Waals surface area contributed by atoms with E-state index >= 15 is 0 Å². The Balaban J connectivity index is 0.00000200. The van der Waals surface area contributed by atoms with Crippen molar-refractivity contribution in [3.63, 3.8) is 0 Å². The standard InChI is InChI=1S/C12H12ClN3O2S.ClH/c13-9-3-1-8(2-4-9)10(17)7-19-12-16-15-11(18-12)5-6-14;/h1-4H,5-7,14H2;1H/p-1. The molecule has 1 heterocycles. The molecule has 0 amide bonds. The number of aromatic nitrogens is 2. The molecule has 0 aliphatic rings. The molecule has 0 aliphatic heterocycles. The smallest absolute Gasteiger partial charge is 0.277 e. The summed E-state index contributed by atoms with van der Waals surface area (Å²) in [4.78, 5) is 11.9. The van der Waals surface area contributed by atoms with Crippen molar-refractivity contribution in [1.82, 2.24) is 10.2 Å². The molecule has 20 heavy (non-hydrogen) atoms. The summed E-state index contributed by atoms with van der Waals surface area (Å²) in [6, 6.07) is 6.76. The van der Waals surface area contributed by atoms with Crippen LogP contribution in [-0.4, -0.2) is 28.3 Å². The summed E-state index contributed by atoms with van der Waals surface area (Å²) in [6.45, 7) is 0.454. The van der Waals surface area contributed by atoms with E-state index in [1.165, 1.54) is 11.8 Å². The van der Waals surface area contributed by atoms with Gasteiger partial charge in [-0.2, -0.15) is 0 Å². The van der Waals surface area contributed by atoms with Crippen LogP contribution in [0.2, 0.25) is 5.02 Å². The quantitative estimate of drug-likeness (QED) is 0.551. The lowest BCUT2D eigenvalue weighted by atomic mass is 10.1. The molecule has 2 N–H and O–H groups in total. The molecule has 0 spiro atoms. The summed E-state index contributed by atoms with van der Waals surface area (Å²) in [6.07, 6.45) is 0.540. The second-order valence-corrected chi connectivity index (χ2v) is 5.08. The van der Waals surface area contributed by atoms with Crippen molar-refractivity contribution in [2.45, 2.75) is 11.6 Å². The molecule has 0 aliphatic carbocycles. The Bertz CT molecular complexity index is 560. The van der Waals surface area contributed by atoms with E-state index in [0.717, 1.165) is 0 Å². The van der Waals surface area contributed by atoms with Crippen molar-refractivity contribution >= 4 is 29.1 Å². The molecule has 2 aromatic rings. The zero-order chi connectivity index (χ0) is 13.7. The van der Waals surface area contributed by atoms with Crippen molar-refractivity contribution in [2.24, 2.45) is 5.73 Å². The number of benzene rings is 1. The highest BCUT2D eigenvalue weighted by Gasteiger charge is 2.10. The van der Waals surface area contributed by atoms with Crippen molar-refractivity contribution < 1.29 is 21.6 Å². The Hall–Kier alpha value is -1.08. The Morgan fingerprint density at radius 1 is 1.30 bits per heavy atom. The van der Waals surface area contributed by atoms with Gasteiger partial charge in [0.25, 0.3) is 5.22 Å². The minimum absolute atomic E-state index is 0. The van der Waals surface area contributed by atoms with Gasteiger partial charge in [-0.05, 0) is 24.3 Å². The van der Waals surface area contributed by atoms with E-state index in [0.29, 0.717) is 34.7 Å². The van der Waals surface area contributed by atoms with Crippen LogP contribution < -0.4 is 18.1 Å². The summed E-state index contributed by atoms with van der Waals surface area (Å²) in [5.74, 6) is 0.718. The Kier molecular flexibility index (Phi) is 7.01. The Labute approximate surface area is 131 Å². The van der Waals surface area contributed by atoms with Crippen LogP contribution in [0, 0.1) is 0 Å². The molecule has 8 heteroatoms. The van der Waals surface area contributed by atoms with Crippen LogP contribution in [0.3, 0.4) is 0 Å². The summed E-state index contributed by atoms with van der Waals surface area (Å²) in [7, 11) is 0. The number of halogens is 2. The number of thioether (sulfide) groups is 1. The fourth-order valence-electron chi connectivity index (χ4n) is 1.37. The maximum absolute atomic E-state index is 11.9. The highest BCUT2D eigenvalue weighted by Crippen LogP contribution is 2.18. The largest absolute Gasteiger partial charge is 1.00 e. The molecule has 0 saturated heterocycles. The zero-order valence-corrected chi connectivity index (χ0v) is 12.7. The average molecular weight is 333 g/mol. The van der Waals surface area contributed by atoms with Crippen LogP contribution in [0.15, 0.2) is 33.9 Å². The fourth-order valence-corrected chi connectivity index (χ4v) is 2.17. The Morgan fingerprint density at radius 2 is 2.00 bits per heavy atom. The molecule has 0 bridgehead atoms. The van der Waals surface area contributed by atoms with E-state index in [-0.39, 0.29) is 23.9 Å². The van der Waals surface area contributed by atoms with Crippen LogP contribution in [0.1, 0.15) is 16.2 Å². The van der Waals surface area contributed by atoms with Gasteiger partial charge in [0, 0.05) is 23.6 Å². The second-order valence-electron chi connectivity index (χ2n) is 3.72. The topological polar surface area (TPSA) is 82.0 Å². The first-order valence-electron chi connectivity index (χ1n) is 5.63. The highest BCUT2D eigenvalue weighted by molar-refractivity contribution is 7.99. The van der Waals surface area contributed by atoms with Crippen LogP contribution in [-0.2, 0) is 6.42 Å².